The monoisotopic (exact) mass is 341 g/mol. The molecule has 5 nitrogen and oxygen atoms in total. The van der Waals surface area contributed by atoms with E-state index in [4.69, 9.17) is 10.8 Å². The molecule has 106 valence electrons. The molecule has 1 atom stereocenters. The average molecular weight is 342 g/mol. The summed E-state index contributed by atoms with van der Waals surface area (Å²) in [5.41, 5.74) is 5.41. The van der Waals surface area contributed by atoms with Gasteiger partial charge in [-0.15, -0.1) is 0 Å². The Balaban J connectivity index is 2.38. The summed E-state index contributed by atoms with van der Waals surface area (Å²) >= 11 is 3.27. The largest absolute Gasteiger partial charge is 0.477 e. The van der Waals surface area contributed by atoms with Crippen LogP contribution in [0.3, 0.4) is 0 Å². The van der Waals surface area contributed by atoms with E-state index < -0.39 is 17.3 Å². The zero-order valence-electron chi connectivity index (χ0n) is 10.7. The van der Waals surface area contributed by atoms with Crippen LogP contribution in [0.15, 0.2) is 35.2 Å². The number of imidazole rings is 1. The molecule has 3 N–H and O–H groups in total. The van der Waals surface area contributed by atoms with Crippen molar-refractivity contribution in [1.29, 1.82) is 0 Å². The van der Waals surface area contributed by atoms with Crippen molar-refractivity contribution >= 4 is 21.9 Å². The van der Waals surface area contributed by atoms with Crippen molar-refractivity contribution in [3.63, 3.8) is 0 Å². The third kappa shape index (κ3) is 2.88. The highest BCUT2D eigenvalue weighted by Crippen LogP contribution is 2.26. The van der Waals surface area contributed by atoms with Crippen LogP contribution < -0.4 is 5.73 Å². The lowest BCUT2D eigenvalue weighted by Gasteiger charge is -2.27. The maximum atomic E-state index is 13.9. The molecule has 20 heavy (non-hydrogen) atoms. The van der Waals surface area contributed by atoms with Gasteiger partial charge >= 0.3 is 5.97 Å². The third-order valence-electron chi connectivity index (χ3n) is 2.97. The molecule has 0 spiro atoms. The highest BCUT2D eigenvalue weighted by molar-refractivity contribution is 9.10. The number of nitrogens with zero attached hydrogens (tertiary/aromatic N) is 2. The molecule has 0 fully saturated rings. The van der Waals surface area contributed by atoms with E-state index in [2.05, 4.69) is 20.9 Å². The van der Waals surface area contributed by atoms with Crippen LogP contribution >= 0.6 is 15.9 Å². The second kappa shape index (κ2) is 5.34. The number of rotatable bonds is 4. The van der Waals surface area contributed by atoms with Crippen molar-refractivity contribution in [3.8, 4) is 0 Å². The van der Waals surface area contributed by atoms with E-state index in [1.165, 1.54) is 23.2 Å². The zero-order chi connectivity index (χ0) is 14.9. The van der Waals surface area contributed by atoms with Crippen molar-refractivity contribution in [3.05, 3.63) is 52.3 Å². The Morgan fingerprint density at radius 2 is 2.30 bits per heavy atom. The fraction of sp³-hybridized carbons (Fsp3) is 0.231. The van der Waals surface area contributed by atoms with Crippen LogP contribution in [-0.4, -0.2) is 20.6 Å². The molecule has 0 unspecified atom stereocenters. The summed E-state index contributed by atoms with van der Waals surface area (Å²) < 4.78 is 16.0. The summed E-state index contributed by atoms with van der Waals surface area (Å²) in [7, 11) is 0. The molecule has 0 aliphatic heterocycles. The fourth-order valence-electron chi connectivity index (χ4n) is 2.00. The Hall–Kier alpha value is -1.73. The van der Waals surface area contributed by atoms with E-state index in [0.29, 0.717) is 10.0 Å². The number of carboxylic acids is 1. The van der Waals surface area contributed by atoms with Gasteiger partial charge in [0.2, 0.25) is 0 Å². The quantitative estimate of drug-likeness (QED) is 0.894. The second-order valence-electron chi connectivity index (χ2n) is 4.75. The lowest BCUT2D eigenvalue weighted by Crippen LogP contribution is -2.39. The Kier molecular flexibility index (Phi) is 3.92. The number of benzene rings is 1. The number of nitrogens with two attached hydrogens (primary N) is 1. The molecular formula is C13H13BrFN3O2. The van der Waals surface area contributed by atoms with E-state index in [1.54, 1.807) is 19.1 Å². The van der Waals surface area contributed by atoms with E-state index in [0.717, 1.165) is 0 Å². The molecule has 2 rings (SSSR count). The van der Waals surface area contributed by atoms with Gasteiger partial charge in [-0.2, -0.15) is 0 Å². The number of hydrogen-bond donors (Lipinski definition) is 2. The highest BCUT2D eigenvalue weighted by Gasteiger charge is 2.27. The van der Waals surface area contributed by atoms with Gasteiger partial charge in [0, 0.05) is 16.6 Å². The summed E-state index contributed by atoms with van der Waals surface area (Å²) in [5.74, 6) is -1.54. The summed E-state index contributed by atoms with van der Waals surface area (Å²) in [6, 6.07) is 4.48. The van der Waals surface area contributed by atoms with E-state index >= 15 is 0 Å². The van der Waals surface area contributed by atoms with Crippen LogP contribution in [0, 0.1) is 5.82 Å². The minimum atomic E-state index is -1.10. The van der Waals surface area contributed by atoms with Crippen molar-refractivity contribution < 1.29 is 14.3 Å². The van der Waals surface area contributed by atoms with E-state index in [-0.39, 0.29) is 12.2 Å². The van der Waals surface area contributed by atoms with Gasteiger partial charge in [-0.25, -0.2) is 14.2 Å². The van der Waals surface area contributed by atoms with Crippen LogP contribution in [0.4, 0.5) is 4.39 Å². The molecule has 0 bridgehead atoms. The lowest BCUT2D eigenvalue weighted by molar-refractivity contribution is 0.0683. The van der Waals surface area contributed by atoms with Crippen LogP contribution in [-0.2, 0) is 12.1 Å². The van der Waals surface area contributed by atoms with Crippen molar-refractivity contribution in [2.45, 2.75) is 19.0 Å². The molecule has 0 saturated carbocycles. The molecule has 2 aromatic rings. The summed E-state index contributed by atoms with van der Waals surface area (Å²) in [6.45, 7) is 1.74. The smallest absolute Gasteiger partial charge is 0.354 e. The topological polar surface area (TPSA) is 81.1 Å². The van der Waals surface area contributed by atoms with Gasteiger partial charge < -0.3 is 15.4 Å². The molecule has 0 saturated heterocycles. The first-order valence-corrected chi connectivity index (χ1v) is 6.58. The van der Waals surface area contributed by atoms with Crippen molar-refractivity contribution in [1.82, 2.24) is 9.55 Å². The van der Waals surface area contributed by atoms with E-state index in [1.807, 2.05) is 0 Å². The van der Waals surface area contributed by atoms with Crippen molar-refractivity contribution in [2.75, 3.05) is 0 Å². The minimum Gasteiger partial charge on any atom is -0.477 e. The summed E-state index contributed by atoms with van der Waals surface area (Å²) in [5, 5.41) is 9.04. The molecule has 0 amide bonds. The Morgan fingerprint density at radius 3 is 2.95 bits per heavy atom. The molecule has 0 radical (unpaired) electrons. The molecule has 0 aliphatic carbocycles. The Morgan fingerprint density at radius 1 is 1.60 bits per heavy atom. The van der Waals surface area contributed by atoms with E-state index in [9.17, 15) is 9.18 Å². The van der Waals surface area contributed by atoms with Crippen LogP contribution in [0.5, 0.6) is 0 Å². The lowest BCUT2D eigenvalue weighted by atomic mass is 9.92. The summed E-state index contributed by atoms with van der Waals surface area (Å²) in [4.78, 5) is 14.8. The first kappa shape index (κ1) is 14.7. The number of aromatic carboxylic acids is 1. The Labute approximate surface area is 123 Å². The standard InChI is InChI=1S/C13H13BrFN3O2/c1-13(16,9-4-8(14)2-3-10(9)15)6-18-7-17-5-11(18)12(19)20/h2-5,7H,6,16H2,1H3,(H,19,20)/t13-/m0/s1. The van der Waals surface area contributed by atoms with Crippen molar-refractivity contribution in [2.24, 2.45) is 5.73 Å². The second-order valence-corrected chi connectivity index (χ2v) is 5.67. The van der Waals surface area contributed by atoms with Gasteiger partial charge in [0.1, 0.15) is 11.5 Å². The normalized spacial score (nSPS) is 14.0. The first-order valence-electron chi connectivity index (χ1n) is 5.79. The number of carboxylic acid groups (broad SMARTS) is 1. The zero-order valence-corrected chi connectivity index (χ0v) is 12.3. The molecule has 1 aromatic carbocycles. The fourth-order valence-corrected chi connectivity index (χ4v) is 2.36. The SMILES string of the molecule is C[C@](N)(Cn1cncc1C(=O)O)c1cc(Br)ccc1F. The third-order valence-corrected chi connectivity index (χ3v) is 3.47. The predicted octanol–water partition coefficient (Wildman–Crippen LogP) is 2.36. The van der Waals surface area contributed by atoms with Gasteiger partial charge in [0.05, 0.1) is 18.1 Å². The molecular weight excluding hydrogens is 329 g/mol. The van der Waals surface area contributed by atoms with Gasteiger partial charge in [-0.1, -0.05) is 15.9 Å². The number of aromatic nitrogens is 2. The maximum Gasteiger partial charge on any atom is 0.354 e. The van der Waals surface area contributed by atoms with Crippen LogP contribution in [0.2, 0.25) is 0 Å². The molecule has 1 heterocycles. The average Bonchev–Trinajstić information content (AvgIpc) is 2.79. The number of carbonyl (C=O) groups is 1. The Bertz CT molecular complexity index is 655. The predicted molar refractivity (Wildman–Crippen MR) is 74.8 cm³/mol. The van der Waals surface area contributed by atoms with Gasteiger partial charge in [-0.3, -0.25) is 0 Å². The summed E-state index contributed by atoms with van der Waals surface area (Å²) in [6.07, 6.45) is 2.60. The van der Waals surface area contributed by atoms with Crippen LogP contribution in [0.1, 0.15) is 23.0 Å². The number of hydrogen-bond acceptors (Lipinski definition) is 3. The minimum absolute atomic E-state index is 0.0112. The van der Waals surface area contributed by atoms with Gasteiger partial charge in [0.15, 0.2) is 0 Å². The van der Waals surface area contributed by atoms with Gasteiger partial charge in [-0.05, 0) is 25.1 Å². The molecule has 7 heteroatoms. The maximum absolute atomic E-state index is 13.9. The van der Waals surface area contributed by atoms with Gasteiger partial charge in [0.25, 0.3) is 0 Å². The molecule has 1 aromatic heterocycles. The highest BCUT2D eigenvalue weighted by atomic mass is 79.9. The first-order chi connectivity index (χ1) is 9.31. The number of halogens is 2. The molecule has 0 aliphatic rings. The van der Waals surface area contributed by atoms with Crippen LogP contribution in [0.25, 0.3) is 0 Å².